The van der Waals surface area contributed by atoms with Crippen LogP contribution in [0.25, 0.3) is 0 Å². The highest BCUT2D eigenvalue weighted by atomic mass is 35.5. The molecule has 8 heteroatoms. The first-order valence-electron chi connectivity index (χ1n) is 6.15. The van der Waals surface area contributed by atoms with Crippen LogP contribution in [-0.4, -0.2) is 21.3 Å². The number of halogens is 6. The van der Waals surface area contributed by atoms with E-state index in [0.29, 0.717) is 0 Å². The van der Waals surface area contributed by atoms with E-state index in [0.717, 1.165) is 0 Å². The van der Waals surface area contributed by atoms with Crippen molar-refractivity contribution in [3.63, 3.8) is 0 Å². The molecule has 3 rings (SSSR count). The molecule has 2 aliphatic carbocycles. The van der Waals surface area contributed by atoms with Gasteiger partial charge in [0.1, 0.15) is 9.75 Å². The van der Waals surface area contributed by atoms with Crippen molar-refractivity contribution in [3.8, 4) is 0 Å². The highest BCUT2D eigenvalue weighted by Crippen LogP contribution is 2.55. The number of carbonyl (C=O) groups excluding carboxylic acids is 2. The maximum atomic E-state index is 12.9. The zero-order valence-corrected chi connectivity index (χ0v) is 15.2. The van der Waals surface area contributed by atoms with E-state index in [9.17, 15) is 9.59 Å². The molecule has 0 unspecified atom stereocenters. The maximum absolute atomic E-state index is 12.9. The number of Topliss-reactive ketones (excluding diaryl/α,β-unsaturated/α-hetero) is 2. The lowest BCUT2D eigenvalue weighted by atomic mass is 9.68. The lowest BCUT2D eigenvalue weighted by Crippen LogP contribution is -2.60. The molecular weight excluding hydrogens is 413 g/mol. The third kappa shape index (κ3) is 1.89. The molecule has 0 amide bonds. The molecule has 0 fully saturated rings. The highest BCUT2D eigenvalue weighted by molar-refractivity contribution is 6.60. The van der Waals surface area contributed by atoms with Gasteiger partial charge in [-0.3, -0.25) is 9.59 Å². The Bertz CT molecular complexity index is 708. The highest BCUT2D eigenvalue weighted by Gasteiger charge is 2.64. The third-order valence-electron chi connectivity index (χ3n) is 4.03. The van der Waals surface area contributed by atoms with E-state index in [1.54, 1.807) is 12.2 Å². The smallest absolute Gasteiger partial charge is 0.188 e. The van der Waals surface area contributed by atoms with Gasteiger partial charge in [0.2, 0.25) is 0 Å². The molecule has 2 aliphatic rings. The average molecular weight is 419 g/mol. The summed E-state index contributed by atoms with van der Waals surface area (Å²) in [5.41, 5.74) is -0.236. The van der Waals surface area contributed by atoms with Gasteiger partial charge in [-0.2, -0.15) is 0 Å². The van der Waals surface area contributed by atoms with Crippen LogP contribution in [0.15, 0.2) is 12.2 Å². The monoisotopic (exact) mass is 416 g/mol. The molecule has 0 heterocycles. The van der Waals surface area contributed by atoms with E-state index in [1.165, 1.54) is 0 Å². The van der Waals surface area contributed by atoms with Crippen LogP contribution in [0.2, 0.25) is 20.1 Å². The SMILES string of the molecule is O=C1c2c(Cl)c(Cl)c(Cl)c(Cl)c2C(=O)[C@@]2(Cl)CC=CC[C@]12Cl. The van der Waals surface area contributed by atoms with Crippen LogP contribution < -0.4 is 0 Å². The van der Waals surface area contributed by atoms with Gasteiger partial charge in [0.15, 0.2) is 11.6 Å². The van der Waals surface area contributed by atoms with E-state index in [1.807, 2.05) is 0 Å². The number of carbonyl (C=O) groups is 2. The summed E-state index contributed by atoms with van der Waals surface area (Å²) >= 11 is 37.2. The van der Waals surface area contributed by atoms with Crippen LogP contribution in [-0.2, 0) is 0 Å². The molecule has 1 aromatic rings. The Hall–Kier alpha value is 0.0400. The van der Waals surface area contributed by atoms with Crippen molar-refractivity contribution in [2.45, 2.75) is 22.6 Å². The van der Waals surface area contributed by atoms with E-state index >= 15 is 0 Å². The zero-order valence-electron chi connectivity index (χ0n) is 10.7. The number of fused-ring (bicyclic) bond motifs is 2. The van der Waals surface area contributed by atoms with E-state index in [2.05, 4.69) is 0 Å². The van der Waals surface area contributed by atoms with Crippen molar-refractivity contribution in [2.24, 2.45) is 0 Å². The number of hydrogen-bond donors (Lipinski definition) is 0. The number of allylic oxidation sites excluding steroid dienone is 2. The Balaban J connectivity index is 2.43. The molecule has 0 aromatic heterocycles. The van der Waals surface area contributed by atoms with Gasteiger partial charge >= 0.3 is 0 Å². The standard InChI is InChI=1S/C14H6Cl6O2/c15-7-5-6(8(16)10(18)9(7)17)12(22)14(20)4-2-1-3-13(14,19)11(5)21/h1-2H,3-4H2/t13-,14-/m0/s1. The third-order valence-corrected chi connectivity index (χ3v) is 7.23. The number of rotatable bonds is 0. The van der Waals surface area contributed by atoms with Gasteiger partial charge in [-0.1, -0.05) is 58.6 Å². The van der Waals surface area contributed by atoms with Crippen LogP contribution >= 0.6 is 69.6 Å². The van der Waals surface area contributed by atoms with E-state index < -0.39 is 21.3 Å². The summed E-state index contributed by atoms with van der Waals surface area (Å²) in [5, 5.41) is -0.473. The minimum absolute atomic E-state index is 0.0954. The first kappa shape index (κ1) is 16.9. The molecular formula is C14H6Cl6O2. The van der Waals surface area contributed by atoms with Crippen molar-refractivity contribution in [1.29, 1.82) is 0 Å². The Kier molecular flexibility index (Phi) is 4.04. The van der Waals surface area contributed by atoms with Crippen molar-refractivity contribution < 1.29 is 9.59 Å². The number of benzene rings is 1. The minimum Gasteiger partial charge on any atom is -0.292 e. The van der Waals surface area contributed by atoms with Crippen LogP contribution in [0.1, 0.15) is 33.6 Å². The van der Waals surface area contributed by atoms with Crippen LogP contribution in [0.5, 0.6) is 0 Å². The molecule has 0 aliphatic heterocycles. The summed E-state index contributed by atoms with van der Waals surface area (Å²) in [6.07, 6.45) is 3.63. The molecule has 1 aromatic carbocycles. The second kappa shape index (κ2) is 5.27. The fourth-order valence-corrected chi connectivity index (χ4v) is 4.53. The molecule has 2 atom stereocenters. The lowest BCUT2D eigenvalue weighted by molar-refractivity contribution is 0.0784. The van der Waals surface area contributed by atoms with Crippen molar-refractivity contribution in [2.75, 3.05) is 0 Å². The Morgan fingerprint density at radius 1 is 0.682 bits per heavy atom. The van der Waals surface area contributed by atoms with Crippen molar-refractivity contribution in [3.05, 3.63) is 43.4 Å². The van der Waals surface area contributed by atoms with Gasteiger partial charge in [-0.15, -0.1) is 23.2 Å². The summed E-state index contributed by atoms with van der Waals surface area (Å²) in [6, 6.07) is 0. The summed E-state index contributed by atoms with van der Waals surface area (Å²) < 4.78 is 0. The fourth-order valence-electron chi connectivity index (χ4n) is 2.81. The van der Waals surface area contributed by atoms with Gasteiger partial charge in [-0.25, -0.2) is 0 Å². The van der Waals surface area contributed by atoms with Crippen LogP contribution in [0, 0.1) is 0 Å². The minimum atomic E-state index is -1.63. The summed E-state index contributed by atoms with van der Waals surface area (Å²) in [7, 11) is 0. The van der Waals surface area contributed by atoms with Crippen LogP contribution in [0.4, 0.5) is 0 Å². The second-order valence-electron chi connectivity index (χ2n) is 5.15. The molecule has 0 bridgehead atoms. The first-order chi connectivity index (χ1) is 10.2. The largest absolute Gasteiger partial charge is 0.292 e. The lowest BCUT2D eigenvalue weighted by Gasteiger charge is -2.45. The van der Waals surface area contributed by atoms with Gasteiger partial charge < -0.3 is 0 Å². The fraction of sp³-hybridized carbons (Fsp3) is 0.286. The molecule has 22 heavy (non-hydrogen) atoms. The molecule has 0 spiro atoms. The summed E-state index contributed by atoms with van der Waals surface area (Å²) in [5.74, 6) is -1.15. The van der Waals surface area contributed by atoms with Gasteiger partial charge in [-0.05, 0) is 12.8 Å². The second-order valence-corrected chi connectivity index (χ2v) is 7.95. The predicted molar refractivity (Wildman–Crippen MR) is 90.7 cm³/mol. The normalized spacial score (nSPS) is 30.3. The topological polar surface area (TPSA) is 34.1 Å². The van der Waals surface area contributed by atoms with Gasteiger partial charge in [0.25, 0.3) is 0 Å². The van der Waals surface area contributed by atoms with Crippen molar-refractivity contribution >= 4 is 81.2 Å². The number of alkyl halides is 2. The predicted octanol–water partition coefficient (Wildman–Crippen LogP) is 5.98. The molecule has 0 saturated heterocycles. The summed E-state index contributed by atoms with van der Waals surface area (Å²) in [6.45, 7) is 0. The number of hydrogen-bond acceptors (Lipinski definition) is 2. The van der Waals surface area contributed by atoms with Gasteiger partial charge in [0, 0.05) is 0 Å². The summed E-state index contributed by atoms with van der Waals surface area (Å²) in [4.78, 5) is 22.6. The molecule has 116 valence electrons. The molecule has 0 radical (unpaired) electrons. The van der Waals surface area contributed by atoms with Crippen LogP contribution in [0.3, 0.4) is 0 Å². The Labute approximate surface area is 156 Å². The van der Waals surface area contributed by atoms with Crippen molar-refractivity contribution in [1.82, 2.24) is 0 Å². The van der Waals surface area contributed by atoms with E-state index in [4.69, 9.17) is 69.6 Å². The Morgan fingerprint density at radius 2 is 1.00 bits per heavy atom. The van der Waals surface area contributed by atoms with E-state index in [-0.39, 0.29) is 44.1 Å². The molecule has 0 saturated carbocycles. The molecule has 2 nitrogen and oxygen atoms in total. The number of ketones is 2. The van der Waals surface area contributed by atoms with Gasteiger partial charge in [0.05, 0.1) is 31.2 Å². The zero-order chi connectivity index (χ0) is 16.4. The maximum Gasteiger partial charge on any atom is 0.188 e. The Morgan fingerprint density at radius 3 is 1.32 bits per heavy atom. The molecule has 0 N–H and O–H groups in total. The first-order valence-corrected chi connectivity index (χ1v) is 8.42. The average Bonchev–Trinajstić information content (AvgIpc) is 2.49. The quantitative estimate of drug-likeness (QED) is 0.224.